The van der Waals surface area contributed by atoms with Crippen molar-refractivity contribution in [2.24, 2.45) is 0 Å². The number of nitrogens with zero attached hydrogens (tertiary/aromatic N) is 1. The van der Waals surface area contributed by atoms with Crippen LogP contribution >= 0.6 is 0 Å². The molecule has 2 fully saturated rings. The van der Waals surface area contributed by atoms with E-state index in [4.69, 9.17) is 4.74 Å². The maximum Gasteiger partial charge on any atom is 0.323 e. The van der Waals surface area contributed by atoms with Crippen molar-refractivity contribution in [2.45, 2.75) is 57.2 Å². The Hall–Kier alpha value is -1.42. The lowest BCUT2D eigenvalue weighted by molar-refractivity contribution is -0.151. The van der Waals surface area contributed by atoms with Crippen LogP contribution in [0.2, 0.25) is 0 Å². The number of carbonyl (C=O) groups is 1. The Morgan fingerprint density at radius 2 is 1.95 bits per heavy atom. The van der Waals surface area contributed by atoms with Gasteiger partial charge in [-0.1, -0.05) is 31.0 Å². The number of hydrogen-bond acceptors (Lipinski definition) is 3. The maximum absolute atomic E-state index is 13.5. The highest BCUT2D eigenvalue weighted by atomic mass is 19.1. The van der Waals surface area contributed by atoms with Crippen molar-refractivity contribution in [1.82, 2.24) is 4.90 Å². The summed E-state index contributed by atoms with van der Waals surface area (Å²) in [5.74, 6) is -0.507. The highest BCUT2D eigenvalue weighted by Crippen LogP contribution is 2.30. The van der Waals surface area contributed by atoms with Crippen LogP contribution in [0, 0.1) is 5.82 Å². The van der Waals surface area contributed by atoms with Crippen LogP contribution in [0.15, 0.2) is 24.3 Å². The van der Waals surface area contributed by atoms with E-state index in [0.717, 1.165) is 19.4 Å². The average molecular weight is 291 g/mol. The minimum atomic E-state index is -0.315. The summed E-state index contributed by atoms with van der Waals surface area (Å²) in [6.07, 6.45) is 6.83. The molecule has 114 valence electrons. The smallest absolute Gasteiger partial charge is 0.323 e. The Bertz CT molecular complexity index is 499. The molecule has 1 saturated heterocycles. The molecule has 0 spiro atoms. The third-order valence-electron chi connectivity index (χ3n) is 4.69. The molecule has 1 aliphatic heterocycles. The highest BCUT2D eigenvalue weighted by Gasteiger charge is 2.37. The number of hydrogen-bond donors (Lipinski definition) is 0. The quantitative estimate of drug-likeness (QED) is 0.797. The molecule has 0 radical (unpaired) electrons. The molecule has 1 aromatic carbocycles. The van der Waals surface area contributed by atoms with Gasteiger partial charge in [-0.2, -0.15) is 0 Å². The highest BCUT2D eigenvalue weighted by molar-refractivity contribution is 5.76. The van der Waals surface area contributed by atoms with E-state index < -0.39 is 0 Å². The van der Waals surface area contributed by atoms with Gasteiger partial charge in [-0.3, -0.25) is 9.69 Å². The van der Waals surface area contributed by atoms with Crippen LogP contribution in [0.1, 0.15) is 44.1 Å². The fourth-order valence-corrected chi connectivity index (χ4v) is 3.58. The van der Waals surface area contributed by atoms with Crippen LogP contribution in [0.5, 0.6) is 0 Å². The molecule has 1 atom stereocenters. The average Bonchev–Trinajstić information content (AvgIpc) is 3.16. The fraction of sp³-hybridized carbons (Fsp3) is 0.588. The zero-order valence-electron chi connectivity index (χ0n) is 12.3. The molecule has 1 heterocycles. The Labute approximate surface area is 125 Å². The van der Waals surface area contributed by atoms with Crippen LogP contribution in [0.4, 0.5) is 4.39 Å². The molecule has 21 heavy (non-hydrogen) atoms. The minimum absolute atomic E-state index is 0.0283. The fourth-order valence-electron chi connectivity index (χ4n) is 3.58. The lowest BCUT2D eigenvalue weighted by atomic mass is 10.1. The lowest BCUT2D eigenvalue weighted by Gasteiger charge is -2.28. The summed E-state index contributed by atoms with van der Waals surface area (Å²) in [7, 11) is 0. The van der Waals surface area contributed by atoms with E-state index in [0.29, 0.717) is 11.6 Å². The van der Waals surface area contributed by atoms with Crippen molar-refractivity contribution in [2.75, 3.05) is 6.54 Å². The zero-order chi connectivity index (χ0) is 14.7. The lowest BCUT2D eigenvalue weighted by Crippen LogP contribution is -2.42. The van der Waals surface area contributed by atoms with Crippen LogP contribution < -0.4 is 0 Å². The van der Waals surface area contributed by atoms with E-state index in [1.165, 1.54) is 31.7 Å². The molecular weight excluding hydrogens is 269 g/mol. The van der Waals surface area contributed by atoms with Crippen LogP contribution in [-0.4, -0.2) is 29.5 Å². The molecule has 0 aromatic heterocycles. The number of rotatable bonds is 4. The first-order chi connectivity index (χ1) is 10.3. The largest absolute Gasteiger partial charge is 0.460 e. The first kappa shape index (κ1) is 14.5. The minimum Gasteiger partial charge on any atom is -0.460 e. The summed E-state index contributed by atoms with van der Waals surface area (Å²) in [5, 5.41) is 0. The van der Waals surface area contributed by atoms with Crippen LogP contribution in [0.3, 0.4) is 0 Å². The van der Waals surface area contributed by atoms with Gasteiger partial charge in [0.2, 0.25) is 0 Å². The molecule has 2 aliphatic rings. The van der Waals surface area contributed by atoms with Gasteiger partial charge >= 0.3 is 5.97 Å². The Kier molecular flexibility index (Phi) is 4.54. The number of esters is 1. The number of benzene rings is 1. The maximum atomic E-state index is 13.5. The van der Waals surface area contributed by atoms with Crippen molar-refractivity contribution in [1.29, 1.82) is 0 Å². The van der Waals surface area contributed by atoms with Gasteiger partial charge in [0.05, 0.1) is 0 Å². The zero-order valence-corrected chi connectivity index (χ0v) is 12.3. The van der Waals surface area contributed by atoms with Crippen molar-refractivity contribution < 1.29 is 13.9 Å². The summed E-state index contributed by atoms with van der Waals surface area (Å²) < 4.78 is 18.9. The second-order valence-electron chi connectivity index (χ2n) is 6.03. The van der Waals surface area contributed by atoms with Crippen LogP contribution in [0.25, 0.3) is 0 Å². The van der Waals surface area contributed by atoms with E-state index >= 15 is 0 Å². The topological polar surface area (TPSA) is 29.5 Å². The van der Waals surface area contributed by atoms with Gasteiger partial charge in [-0.15, -0.1) is 0 Å². The van der Waals surface area contributed by atoms with Crippen LogP contribution in [-0.2, 0) is 16.1 Å². The molecule has 3 rings (SSSR count). The first-order valence-electron chi connectivity index (χ1n) is 7.91. The number of ether oxygens (including phenoxy) is 1. The third-order valence-corrected chi connectivity index (χ3v) is 4.69. The van der Waals surface area contributed by atoms with E-state index in [1.54, 1.807) is 18.2 Å². The molecule has 0 amide bonds. The molecule has 1 saturated carbocycles. The summed E-state index contributed by atoms with van der Waals surface area (Å²) in [6.45, 7) is 1.02. The predicted molar refractivity (Wildman–Crippen MR) is 78.2 cm³/mol. The Balaban J connectivity index is 1.58. The van der Waals surface area contributed by atoms with Gasteiger partial charge < -0.3 is 4.74 Å². The number of halogens is 1. The van der Waals surface area contributed by atoms with E-state index in [-0.39, 0.29) is 24.4 Å². The molecule has 1 aromatic rings. The summed E-state index contributed by atoms with van der Waals surface area (Å²) >= 11 is 0. The monoisotopic (exact) mass is 291 g/mol. The van der Waals surface area contributed by atoms with Crippen molar-refractivity contribution in [3.8, 4) is 0 Å². The molecule has 0 bridgehead atoms. The van der Waals surface area contributed by atoms with Gasteiger partial charge in [0.25, 0.3) is 0 Å². The summed E-state index contributed by atoms with van der Waals surface area (Å²) in [4.78, 5) is 14.6. The first-order valence-corrected chi connectivity index (χ1v) is 7.91. The van der Waals surface area contributed by atoms with Gasteiger partial charge in [-0.05, 0) is 38.3 Å². The second kappa shape index (κ2) is 6.56. The summed E-state index contributed by atoms with van der Waals surface area (Å²) in [6, 6.07) is 6.86. The van der Waals surface area contributed by atoms with E-state index in [2.05, 4.69) is 4.90 Å². The van der Waals surface area contributed by atoms with Gasteiger partial charge in [-0.25, -0.2) is 4.39 Å². The second-order valence-corrected chi connectivity index (χ2v) is 6.03. The molecule has 1 aliphatic carbocycles. The van der Waals surface area contributed by atoms with E-state index in [9.17, 15) is 9.18 Å². The van der Waals surface area contributed by atoms with Crippen molar-refractivity contribution in [3.05, 3.63) is 35.6 Å². The summed E-state index contributed by atoms with van der Waals surface area (Å²) in [5.41, 5.74) is 0.441. The number of likely N-dealkylation sites (tertiary alicyclic amines) is 1. The third kappa shape index (κ3) is 3.26. The van der Waals surface area contributed by atoms with Crippen molar-refractivity contribution in [3.63, 3.8) is 0 Å². The molecule has 3 nitrogen and oxygen atoms in total. The van der Waals surface area contributed by atoms with Crippen molar-refractivity contribution >= 4 is 5.97 Å². The number of carbonyl (C=O) groups excluding carboxylic acids is 1. The van der Waals surface area contributed by atoms with Gasteiger partial charge in [0.1, 0.15) is 18.5 Å². The normalized spacial score (nSPS) is 23.6. The SMILES string of the molecule is O=C(OCc1ccccc1F)[C@H]1CCCN1C1CCCC1. The molecular formula is C17H22FNO2. The van der Waals surface area contributed by atoms with Gasteiger partial charge in [0.15, 0.2) is 0 Å². The Morgan fingerprint density at radius 3 is 2.71 bits per heavy atom. The molecule has 0 N–H and O–H groups in total. The Morgan fingerprint density at radius 1 is 1.19 bits per heavy atom. The molecule has 4 heteroatoms. The standard InChI is InChI=1S/C17H22FNO2/c18-15-9-4-1-6-13(15)12-21-17(20)16-10-5-11-19(16)14-7-2-3-8-14/h1,4,6,9,14,16H,2-3,5,7-8,10-12H2/t16-/m1/s1. The predicted octanol–water partition coefficient (Wildman–Crippen LogP) is 3.28. The van der Waals surface area contributed by atoms with Gasteiger partial charge in [0, 0.05) is 11.6 Å². The molecule has 0 unspecified atom stereocenters. The van der Waals surface area contributed by atoms with E-state index in [1.807, 2.05) is 0 Å².